The molecule has 1 aromatic rings. The average molecular weight is 344 g/mol. The lowest BCUT2D eigenvalue weighted by Crippen LogP contribution is -2.44. The molecule has 0 aromatic heterocycles. The summed E-state index contributed by atoms with van der Waals surface area (Å²) >= 11 is 0. The van der Waals surface area contributed by atoms with Crippen LogP contribution in [0.4, 0.5) is 0 Å². The first-order valence-corrected chi connectivity index (χ1v) is 9.40. The van der Waals surface area contributed by atoms with E-state index in [1.807, 2.05) is 23.1 Å². The third-order valence-corrected chi connectivity index (χ3v) is 5.39. The van der Waals surface area contributed by atoms with Gasteiger partial charge < -0.3 is 15.3 Å². The number of amides is 2. The van der Waals surface area contributed by atoms with Crippen LogP contribution in [0.3, 0.4) is 0 Å². The quantitative estimate of drug-likeness (QED) is 0.795. The number of hydrogen-bond acceptors (Lipinski definition) is 3. The molecular formula is C20H28N2O3. The topological polar surface area (TPSA) is 69.6 Å². The van der Waals surface area contributed by atoms with Gasteiger partial charge in [0, 0.05) is 13.1 Å². The fourth-order valence-corrected chi connectivity index (χ4v) is 3.97. The van der Waals surface area contributed by atoms with Crippen LogP contribution < -0.4 is 5.32 Å². The molecule has 2 amide bonds. The predicted octanol–water partition coefficient (Wildman–Crippen LogP) is 2.03. The van der Waals surface area contributed by atoms with E-state index < -0.39 is 11.6 Å². The van der Waals surface area contributed by atoms with Crippen LogP contribution in [0.15, 0.2) is 30.3 Å². The van der Waals surface area contributed by atoms with Gasteiger partial charge in [0.05, 0.1) is 12.0 Å². The summed E-state index contributed by atoms with van der Waals surface area (Å²) in [4.78, 5) is 26.5. The number of aliphatic hydroxyl groups is 1. The second-order valence-electron chi connectivity index (χ2n) is 7.43. The highest BCUT2D eigenvalue weighted by Gasteiger charge is 2.36. The van der Waals surface area contributed by atoms with Crippen molar-refractivity contribution in [2.24, 2.45) is 0 Å². The van der Waals surface area contributed by atoms with Crippen molar-refractivity contribution in [1.29, 1.82) is 0 Å². The summed E-state index contributed by atoms with van der Waals surface area (Å²) in [5, 5.41) is 13.2. The highest BCUT2D eigenvalue weighted by molar-refractivity contribution is 5.89. The molecule has 1 aliphatic carbocycles. The smallest absolute Gasteiger partial charge is 0.245 e. The van der Waals surface area contributed by atoms with Crippen LogP contribution in [-0.4, -0.2) is 46.6 Å². The van der Waals surface area contributed by atoms with Crippen LogP contribution >= 0.6 is 0 Å². The molecule has 1 aliphatic heterocycles. The second kappa shape index (κ2) is 8.00. The van der Waals surface area contributed by atoms with Crippen LogP contribution in [-0.2, 0) is 16.0 Å². The molecule has 1 saturated heterocycles. The van der Waals surface area contributed by atoms with Crippen molar-refractivity contribution in [3.8, 4) is 0 Å². The molecule has 0 bridgehead atoms. The third kappa shape index (κ3) is 4.82. The van der Waals surface area contributed by atoms with Gasteiger partial charge in [0.2, 0.25) is 11.8 Å². The fraction of sp³-hybridized carbons (Fsp3) is 0.600. The van der Waals surface area contributed by atoms with Crippen LogP contribution in [0.5, 0.6) is 0 Å². The van der Waals surface area contributed by atoms with E-state index in [4.69, 9.17) is 0 Å². The number of rotatable bonds is 7. The molecule has 2 aliphatic rings. The highest BCUT2D eigenvalue weighted by Crippen LogP contribution is 2.32. The van der Waals surface area contributed by atoms with Crippen molar-refractivity contribution in [2.45, 2.75) is 63.0 Å². The Hall–Kier alpha value is -1.88. The molecule has 1 heterocycles. The monoisotopic (exact) mass is 344 g/mol. The van der Waals surface area contributed by atoms with E-state index in [2.05, 4.69) is 17.4 Å². The van der Waals surface area contributed by atoms with Crippen LogP contribution in [0.1, 0.15) is 50.5 Å². The lowest BCUT2D eigenvalue weighted by atomic mass is 9.97. The zero-order valence-electron chi connectivity index (χ0n) is 14.7. The number of benzene rings is 1. The lowest BCUT2D eigenvalue weighted by Gasteiger charge is -2.22. The van der Waals surface area contributed by atoms with Crippen LogP contribution in [0.25, 0.3) is 0 Å². The zero-order valence-corrected chi connectivity index (χ0v) is 14.7. The third-order valence-electron chi connectivity index (χ3n) is 5.39. The van der Waals surface area contributed by atoms with Crippen molar-refractivity contribution >= 4 is 11.8 Å². The Balaban J connectivity index is 1.41. The Kier molecular flexibility index (Phi) is 5.74. The summed E-state index contributed by atoms with van der Waals surface area (Å²) in [6.07, 6.45) is 5.97. The maximum Gasteiger partial charge on any atom is 0.245 e. The molecule has 5 heteroatoms. The Morgan fingerprint density at radius 1 is 1.24 bits per heavy atom. The Labute approximate surface area is 149 Å². The van der Waals surface area contributed by atoms with Gasteiger partial charge in [0.1, 0.15) is 6.04 Å². The summed E-state index contributed by atoms with van der Waals surface area (Å²) in [6, 6.07) is 9.84. The molecule has 1 atom stereocenters. The molecule has 136 valence electrons. The first-order chi connectivity index (χ1) is 12.1. The summed E-state index contributed by atoms with van der Waals surface area (Å²) < 4.78 is 0. The van der Waals surface area contributed by atoms with Gasteiger partial charge in [-0.2, -0.15) is 0 Å². The minimum Gasteiger partial charge on any atom is -0.389 e. The molecular weight excluding hydrogens is 316 g/mol. The molecule has 3 rings (SSSR count). The molecule has 1 unspecified atom stereocenters. The van der Waals surface area contributed by atoms with Gasteiger partial charge in [0.25, 0.3) is 0 Å². The van der Waals surface area contributed by atoms with E-state index in [1.165, 1.54) is 5.56 Å². The van der Waals surface area contributed by atoms with E-state index >= 15 is 0 Å². The van der Waals surface area contributed by atoms with E-state index in [9.17, 15) is 14.7 Å². The minimum absolute atomic E-state index is 0.0137. The van der Waals surface area contributed by atoms with Crippen molar-refractivity contribution in [3.63, 3.8) is 0 Å². The molecule has 2 N–H and O–H groups in total. The normalized spacial score (nSPS) is 22.4. The first-order valence-electron chi connectivity index (χ1n) is 9.40. The van der Waals surface area contributed by atoms with Gasteiger partial charge in [-0.15, -0.1) is 0 Å². The SMILES string of the molecule is O=C(CC1(O)CCCC1)NC1CCN(CCCc2ccccc2)C1=O. The number of likely N-dealkylation sites (tertiary alicyclic amines) is 1. The zero-order chi connectivity index (χ0) is 17.7. The number of hydrogen-bond donors (Lipinski definition) is 2. The molecule has 1 aromatic carbocycles. The van der Waals surface area contributed by atoms with Gasteiger partial charge in [-0.05, 0) is 37.7 Å². The summed E-state index contributed by atoms with van der Waals surface area (Å²) in [5.41, 5.74) is 0.421. The van der Waals surface area contributed by atoms with Crippen molar-refractivity contribution < 1.29 is 14.7 Å². The van der Waals surface area contributed by atoms with Crippen molar-refractivity contribution in [1.82, 2.24) is 10.2 Å². The maximum absolute atomic E-state index is 12.4. The second-order valence-corrected chi connectivity index (χ2v) is 7.43. The van der Waals surface area contributed by atoms with E-state index in [-0.39, 0.29) is 18.2 Å². The van der Waals surface area contributed by atoms with Crippen LogP contribution in [0, 0.1) is 0 Å². The first kappa shape index (κ1) is 17.9. The average Bonchev–Trinajstić information content (AvgIpc) is 3.16. The number of carbonyl (C=O) groups is 2. The Morgan fingerprint density at radius 2 is 1.96 bits per heavy atom. The van der Waals surface area contributed by atoms with Gasteiger partial charge in [-0.3, -0.25) is 9.59 Å². The standard InChI is InChI=1S/C20H28N2O3/c23-18(15-20(25)11-4-5-12-20)21-17-10-14-22(19(17)24)13-6-9-16-7-2-1-3-8-16/h1-3,7-8,17,25H,4-6,9-15H2,(H,21,23). The molecule has 5 nitrogen and oxygen atoms in total. The number of aryl methyl sites for hydroxylation is 1. The number of nitrogens with zero attached hydrogens (tertiary/aromatic N) is 1. The van der Waals surface area contributed by atoms with E-state index in [0.29, 0.717) is 25.8 Å². The largest absolute Gasteiger partial charge is 0.389 e. The predicted molar refractivity (Wildman–Crippen MR) is 95.9 cm³/mol. The molecule has 0 radical (unpaired) electrons. The minimum atomic E-state index is -0.860. The molecule has 25 heavy (non-hydrogen) atoms. The highest BCUT2D eigenvalue weighted by atomic mass is 16.3. The maximum atomic E-state index is 12.4. The number of nitrogens with one attached hydrogen (secondary N) is 1. The molecule has 1 saturated carbocycles. The molecule has 0 spiro atoms. The lowest BCUT2D eigenvalue weighted by molar-refractivity contribution is -0.134. The summed E-state index contributed by atoms with van der Waals surface area (Å²) in [7, 11) is 0. The molecule has 2 fully saturated rings. The van der Waals surface area contributed by atoms with Gasteiger partial charge in [-0.1, -0.05) is 43.2 Å². The van der Waals surface area contributed by atoms with E-state index in [1.54, 1.807) is 0 Å². The Bertz CT molecular complexity index is 596. The summed E-state index contributed by atoms with van der Waals surface area (Å²) in [5.74, 6) is -0.186. The van der Waals surface area contributed by atoms with Gasteiger partial charge >= 0.3 is 0 Å². The van der Waals surface area contributed by atoms with Gasteiger partial charge in [-0.25, -0.2) is 0 Å². The fourth-order valence-electron chi connectivity index (χ4n) is 3.97. The van der Waals surface area contributed by atoms with Crippen LogP contribution in [0.2, 0.25) is 0 Å². The summed E-state index contributed by atoms with van der Waals surface area (Å²) in [6.45, 7) is 1.42. The van der Waals surface area contributed by atoms with Crippen molar-refractivity contribution in [3.05, 3.63) is 35.9 Å². The number of carbonyl (C=O) groups excluding carboxylic acids is 2. The Morgan fingerprint density at radius 3 is 2.68 bits per heavy atom. The van der Waals surface area contributed by atoms with E-state index in [0.717, 1.165) is 32.2 Å². The van der Waals surface area contributed by atoms with Crippen molar-refractivity contribution in [2.75, 3.05) is 13.1 Å². The van der Waals surface area contributed by atoms with Gasteiger partial charge in [0.15, 0.2) is 0 Å².